The summed E-state index contributed by atoms with van der Waals surface area (Å²) in [6, 6.07) is 0. The van der Waals surface area contributed by atoms with Crippen LogP contribution in [0.15, 0.2) is 18.7 Å². The average molecular weight is 196 g/mol. The Morgan fingerprint density at radius 2 is 1.79 bits per heavy atom. The van der Waals surface area contributed by atoms with E-state index in [-0.39, 0.29) is 0 Å². The minimum absolute atomic E-state index is 1.13. The van der Waals surface area contributed by atoms with E-state index in [0.717, 1.165) is 6.54 Å². The first-order valence-electron chi connectivity index (χ1n) is 5.89. The average Bonchev–Trinajstić information content (AvgIpc) is 2.74. The molecule has 0 aliphatic carbocycles. The minimum atomic E-state index is 1.13. The lowest BCUT2D eigenvalue weighted by atomic mass is 10.1. The fourth-order valence-electron chi connectivity index (χ4n) is 1.32. The molecule has 0 fully saturated rings. The number of hydrogen-bond donors (Lipinski definition) is 0. The topological polar surface area (TPSA) is 17.8 Å². The third-order valence-corrected chi connectivity index (χ3v) is 2.08. The Bertz CT molecular complexity index is 180. The van der Waals surface area contributed by atoms with E-state index in [9.17, 15) is 0 Å². The molecule has 0 saturated heterocycles. The van der Waals surface area contributed by atoms with Gasteiger partial charge in [-0.25, -0.2) is 4.98 Å². The molecule has 0 spiro atoms. The van der Waals surface area contributed by atoms with E-state index in [0.29, 0.717) is 0 Å². The van der Waals surface area contributed by atoms with E-state index in [1.165, 1.54) is 32.1 Å². The second-order valence-electron chi connectivity index (χ2n) is 3.21. The molecule has 0 bridgehead atoms. The quantitative estimate of drug-likeness (QED) is 0.631. The van der Waals surface area contributed by atoms with Gasteiger partial charge in [-0.05, 0) is 6.42 Å². The fourth-order valence-corrected chi connectivity index (χ4v) is 1.32. The molecule has 1 rings (SSSR count). The summed E-state index contributed by atoms with van der Waals surface area (Å²) in [4.78, 5) is 4.00. The first-order chi connectivity index (χ1) is 6.93. The predicted molar refractivity (Wildman–Crippen MR) is 62.3 cm³/mol. The van der Waals surface area contributed by atoms with E-state index in [2.05, 4.69) is 16.5 Å². The lowest BCUT2D eigenvalue weighted by molar-refractivity contribution is 0.568. The summed E-state index contributed by atoms with van der Waals surface area (Å²) in [7, 11) is 0. The van der Waals surface area contributed by atoms with Gasteiger partial charge in [0.1, 0.15) is 0 Å². The van der Waals surface area contributed by atoms with Crippen molar-refractivity contribution in [2.75, 3.05) is 0 Å². The van der Waals surface area contributed by atoms with Crippen LogP contribution in [0.1, 0.15) is 52.9 Å². The third-order valence-electron chi connectivity index (χ3n) is 2.08. The van der Waals surface area contributed by atoms with Crippen LogP contribution < -0.4 is 0 Å². The van der Waals surface area contributed by atoms with Crippen molar-refractivity contribution in [3.63, 3.8) is 0 Å². The van der Waals surface area contributed by atoms with Crippen molar-refractivity contribution in [2.45, 2.75) is 59.4 Å². The molecule has 2 nitrogen and oxygen atoms in total. The zero-order valence-corrected chi connectivity index (χ0v) is 9.87. The van der Waals surface area contributed by atoms with Gasteiger partial charge in [0.15, 0.2) is 0 Å². The van der Waals surface area contributed by atoms with Crippen LogP contribution in [0.2, 0.25) is 0 Å². The lowest BCUT2D eigenvalue weighted by Crippen LogP contribution is -1.93. The van der Waals surface area contributed by atoms with Crippen molar-refractivity contribution >= 4 is 0 Å². The van der Waals surface area contributed by atoms with Crippen molar-refractivity contribution in [1.82, 2.24) is 9.55 Å². The van der Waals surface area contributed by atoms with Crippen LogP contribution in [-0.4, -0.2) is 9.55 Å². The molecular formula is C12H24N2. The number of rotatable bonds is 6. The lowest BCUT2D eigenvalue weighted by Gasteiger charge is -2.00. The Hall–Kier alpha value is -0.790. The highest BCUT2D eigenvalue weighted by atomic mass is 15.0. The fraction of sp³-hybridized carbons (Fsp3) is 0.750. The molecule has 1 aromatic heterocycles. The highest BCUT2D eigenvalue weighted by Gasteiger charge is 1.90. The van der Waals surface area contributed by atoms with E-state index in [1.54, 1.807) is 0 Å². The number of unbranched alkanes of at least 4 members (excludes halogenated alkanes) is 4. The molecule has 0 unspecified atom stereocenters. The smallest absolute Gasteiger partial charge is 0.0945 e. The Balaban J connectivity index is 0.000000791. The van der Waals surface area contributed by atoms with Crippen molar-refractivity contribution in [1.29, 1.82) is 0 Å². The Morgan fingerprint density at radius 3 is 2.36 bits per heavy atom. The van der Waals surface area contributed by atoms with Crippen molar-refractivity contribution in [3.8, 4) is 0 Å². The first kappa shape index (κ1) is 13.2. The third kappa shape index (κ3) is 6.70. The predicted octanol–water partition coefficient (Wildman–Crippen LogP) is 3.88. The van der Waals surface area contributed by atoms with Gasteiger partial charge in [-0.15, -0.1) is 0 Å². The first-order valence-corrected chi connectivity index (χ1v) is 5.89. The van der Waals surface area contributed by atoms with Gasteiger partial charge in [-0.1, -0.05) is 46.5 Å². The van der Waals surface area contributed by atoms with Crippen LogP contribution in [0.4, 0.5) is 0 Å². The molecule has 0 amide bonds. The molecule has 2 heteroatoms. The van der Waals surface area contributed by atoms with Gasteiger partial charge in [-0.2, -0.15) is 0 Å². The van der Waals surface area contributed by atoms with Crippen LogP contribution in [0.3, 0.4) is 0 Å². The van der Waals surface area contributed by atoms with Gasteiger partial charge in [-0.3, -0.25) is 0 Å². The molecule has 1 aromatic rings. The molecule has 82 valence electrons. The molecule has 0 aliphatic heterocycles. The molecule has 0 radical (unpaired) electrons. The van der Waals surface area contributed by atoms with Crippen LogP contribution in [0.5, 0.6) is 0 Å². The van der Waals surface area contributed by atoms with Gasteiger partial charge in [0, 0.05) is 18.9 Å². The summed E-state index contributed by atoms with van der Waals surface area (Å²) in [5.74, 6) is 0. The van der Waals surface area contributed by atoms with Gasteiger partial charge >= 0.3 is 0 Å². The second-order valence-corrected chi connectivity index (χ2v) is 3.21. The van der Waals surface area contributed by atoms with Crippen LogP contribution in [0, 0.1) is 0 Å². The molecule has 1 heterocycles. The van der Waals surface area contributed by atoms with E-state index < -0.39 is 0 Å². The summed E-state index contributed by atoms with van der Waals surface area (Å²) >= 11 is 0. The Morgan fingerprint density at radius 1 is 1.07 bits per heavy atom. The molecule has 0 aliphatic rings. The number of nitrogens with zero attached hydrogens (tertiary/aromatic N) is 2. The van der Waals surface area contributed by atoms with Crippen molar-refractivity contribution < 1.29 is 0 Å². The van der Waals surface area contributed by atoms with Gasteiger partial charge in [0.2, 0.25) is 0 Å². The Labute approximate surface area is 88.4 Å². The van der Waals surface area contributed by atoms with Crippen molar-refractivity contribution in [2.24, 2.45) is 0 Å². The maximum atomic E-state index is 4.00. The normalized spacial score (nSPS) is 9.36. The monoisotopic (exact) mass is 196 g/mol. The van der Waals surface area contributed by atoms with E-state index in [4.69, 9.17) is 0 Å². The molecule has 14 heavy (non-hydrogen) atoms. The van der Waals surface area contributed by atoms with Crippen molar-refractivity contribution in [3.05, 3.63) is 18.7 Å². The molecular weight excluding hydrogens is 172 g/mol. The summed E-state index contributed by atoms with van der Waals surface area (Å²) < 4.78 is 2.14. The summed E-state index contributed by atoms with van der Waals surface area (Å²) in [6.07, 6.45) is 12.5. The second kappa shape index (κ2) is 10.3. The number of imidazole rings is 1. The van der Waals surface area contributed by atoms with Crippen LogP contribution >= 0.6 is 0 Å². The number of hydrogen-bond acceptors (Lipinski definition) is 1. The van der Waals surface area contributed by atoms with Gasteiger partial charge < -0.3 is 4.57 Å². The van der Waals surface area contributed by atoms with Gasteiger partial charge in [0.25, 0.3) is 0 Å². The molecule has 0 saturated carbocycles. The Kier molecular flexibility index (Phi) is 9.71. The largest absolute Gasteiger partial charge is 0.337 e. The summed E-state index contributed by atoms with van der Waals surface area (Å²) in [5.41, 5.74) is 0. The van der Waals surface area contributed by atoms with Crippen LogP contribution in [-0.2, 0) is 6.54 Å². The minimum Gasteiger partial charge on any atom is -0.337 e. The van der Waals surface area contributed by atoms with Crippen LogP contribution in [0.25, 0.3) is 0 Å². The maximum Gasteiger partial charge on any atom is 0.0945 e. The van der Waals surface area contributed by atoms with E-state index >= 15 is 0 Å². The number of aromatic nitrogens is 2. The van der Waals surface area contributed by atoms with Gasteiger partial charge in [0.05, 0.1) is 6.33 Å². The molecule has 0 aromatic carbocycles. The summed E-state index contributed by atoms with van der Waals surface area (Å²) in [6.45, 7) is 7.37. The highest BCUT2D eigenvalue weighted by molar-refractivity contribution is 4.73. The number of aryl methyl sites for hydroxylation is 1. The van der Waals surface area contributed by atoms with E-state index in [1.807, 2.05) is 32.6 Å². The molecule has 0 N–H and O–H groups in total. The SMILES string of the molecule is CC.CCCCCCCn1ccnc1. The maximum absolute atomic E-state index is 4.00. The highest BCUT2D eigenvalue weighted by Crippen LogP contribution is 2.03. The summed E-state index contributed by atoms with van der Waals surface area (Å²) in [5, 5.41) is 0. The zero-order chi connectivity index (χ0) is 10.6. The zero-order valence-electron chi connectivity index (χ0n) is 9.87. The standard InChI is InChI=1S/C10H18N2.C2H6/c1-2-3-4-5-6-8-12-9-7-11-10-12;1-2/h7,9-10H,2-6,8H2,1H3;1-2H3. The molecule has 0 atom stereocenters.